The van der Waals surface area contributed by atoms with Gasteiger partial charge in [-0.25, -0.2) is 4.79 Å². The van der Waals surface area contributed by atoms with E-state index in [4.69, 9.17) is 9.47 Å². The number of methoxy groups -OCH3 is 1. The first-order chi connectivity index (χ1) is 10.7. The summed E-state index contributed by atoms with van der Waals surface area (Å²) in [6.07, 6.45) is 0. The molecule has 3 rings (SSSR count). The van der Waals surface area contributed by atoms with Gasteiger partial charge >= 0.3 is 5.97 Å². The fourth-order valence-corrected chi connectivity index (χ4v) is 2.60. The Kier molecular flexibility index (Phi) is 3.98. The van der Waals surface area contributed by atoms with E-state index in [1.807, 2.05) is 18.2 Å². The number of carboxylic acids is 1. The summed E-state index contributed by atoms with van der Waals surface area (Å²) in [5.41, 5.74) is 2.23. The van der Waals surface area contributed by atoms with E-state index >= 15 is 0 Å². The number of hydrogen-bond acceptors (Lipinski definition) is 4. The van der Waals surface area contributed by atoms with Crippen LogP contribution in [-0.2, 0) is 13.1 Å². The van der Waals surface area contributed by atoms with E-state index in [9.17, 15) is 9.90 Å². The summed E-state index contributed by atoms with van der Waals surface area (Å²) in [5.74, 6) is 0.132. The summed E-state index contributed by atoms with van der Waals surface area (Å²) < 4.78 is 11.0. The molecule has 0 saturated heterocycles. The summed E-state index contributed by atoms with van der Waals surface area (Å²) in [6, 6.07) is 13.2. The number of hydrogen-bond donors (Lipinski definition) is 1. The van der Waals surface area contributed by atoms with Gasteiger partial charge < -0.3 is 14.6 Å². The summed E-state index contributed by atoms with van der Waals surface area (Å²) >= 11 is 0. The molecule has 5 nitrogen and oxygen atoms in total. The van der Waals surface area contributed by atoms with Crippen LogP contribution in [0.25, 0.3) is 0 Å². The highest BCUT2D eigenvalue weighted by Gasteiger charge is 2.23. The van der Waals surface area contributed by atoms with E-state index in [-0.39, 0.29) is 5.56 Å². The Hall–Kier alpha value is -2.53. The molecule has 2 aromatic rings. The quantitative estimate of drug-likeness (QED) is 0.940. The molecule has 2 aromatic carbocycles. The van der Waals surface area contributed by atoms with E-state index in [2.05, 4.69) is 17.0 Å². The first kappa shape index (κ1) is 14.4. The van der Waals surface area contributed by atoms with Crippen molar-refractivity contribution >= 4 is 5.97 Å². The van der Waals surface area contributed by atoms with Crippen molar-refractivity contribution < 1.29 is 19.4 Å². The number of aromatic carboxylic acids is 1. The molecule has 1 heterocycles. The molecular formula is C17H17NO4. The lowest BCUT2D eigenvalue weighted by molar-refractivity contribution is 0.0692. The molecule has 5 heteroatoms. The monoisotopic (exact) mass is 299 g/mol. The van der Waals surface area contributed by atoms with Crippen LogP contribution in [0.1, 0.15) is 21.5 Å². The molecule has 1 N–H and O–H groups in total. The van der Waals surface area contributed by atoms with Gasteiger partial charge in [0.05, 0.1) is 12.7 Å². The zero-order valence-corrected chi connectivity index (χ0v) is 12.3. The standard InChI is InChI=1S/C17H17NO4/c1-21-15-8-13(17(19)20)7-14-10-18(11-22-16(14)15)9-12-5-3-2-4-6-12/h2-8H,9-11H2,1H3,(H,19,20). The van der Waals surface area contributed by atoms with Crippen molar-refractivity contribution in [1.82, 2.24) is 4.90 Å². The summed E-state index contributed by atoms with van der Waals surface area (Å²) in [5, 5.41) is 9.20. The minimum Gasteiger partial charge on any atom is -0.493 e. The van der Waals surface area contributed by atoms with Crippen LogP contribution in [-0.4, -0.2) is 29.8 Å². The molecule has 0 amide bonds. The van der Waals surface area contributed by atoms with Crippen molar-refractivity contribution in [2.24, 2.45) is 0 Å². The molecule has 0 atom stereocenters. The highest BCUT2D eigenvalue weighted by Crippen LogP contribution is 2.36. The average molecular weight is 299 g/mol. The Morgan fingerprint density at radius 1 is 1.32 bits per heavy atom. The van der Waals surface area contributed by atoms with Crippen molar-refractivity contribution in [3.05, 3.63) is 59.2 Å². The number of carboxylic acid groups (broad SMARTS) is 1. The highest BCUT2D eigenvalue weighted by atomic mass is 16.5. The van der Waals surface area contributed by atoms with E-state index in [0.717, 1.165) is 12.1 Å². The second-order valence-corrected chi connectivity index (χ2v) is 5.22. The van der Waals surface area contributed by atoms with Gasteiger partial charge in [-0.05, 0) is 17.7 Å². The second-order valence-electron chi connectivity index (χ2n) is 5.22. The Morgan fingerprint density at radius 3 is 2.77 bits per heavy atom. The summed E-state index contributed by atoms with van der Waals surface area (Å²) in [7, 11) is 1.51. The van der Waals surface area contributed by atoms with Gasteiger partial charge in [-0.2, -0.15) is 0 Å². The lowest BCUT2D eigenvalue weighted by Crippen LogP contribution is -2.31. The minimum absolute atomic E-state index is 0.209. The smallest absolute Gasteiger partial charge is 0.335 e. The third-order valence-electron chi connectivity index (χ3n) is 3.63. The molecule has 0 spiro atoms. The van der Waals surface area contributed by atoms with Crippen molar-refractivity contribution in [1.29, 1.82) is 0 Å². The van der Waals surface area contributed by atoms with Crippen molar-refractivity contribution in [3.63, 3.8) is 0 Å². The van der Waals surface area contributed by atoms with E-state index in [1.165, 1.54) is 18.7 Å². The molecule has 1 aliphatic heterocycles. The van der Waals surface area contributed by atoms with Gasteiger partial charge in [-0.1, -0.05) is 30.3 Å². The molecule has 22 heavy (non-hydrogen) atoms. The Morgan fingerprint density at radius 2 is 2.09 bits per heavy atom. The molecule has 0 fully saturated rings. The fraction of sp³-hybridized carbons (Fsp3) is 0.235. The number of rotatable bonds is 4. The number of benzene rings is 2. The Balaban J connectivity index is 1.85. The highest BCUT2D eigenvalue weighted by molar-refractivity contribution is 5.89. The molecule has 114 valence electrons. The van der Waals surface area contributed by atoms with Crippen LogP contribution in [0.5, 0.6) is 11.5 Å². The Bertz CT molecular complexity index is 685. The molecule has 0 saturated carbocycles. The molecule has 0 aliphatic carbocycles. The van der Waals surface area contributed by atoms with Crippen LogP contribution in [0.2, 0.25) is 0 Å². The van der Waals surface area contributed by atoms with Gasteiger partial charge in [0, 0.05) is 18.7 Å². The molecule has 0 bridgehead atoms. The molecule has 0 radical (unpaired) electrons. The van der Waals surface area contributed by atoms with Gasteiger partial charge in [0.25, 0.3) is 0 Å². The average Bonchev–Trinajstić information content (AvgIpc) is 2.54. The first-order valence-electron chi connectivity index (χ1n) is 7.00. The van der Waals surface area contributed by atoms with Crippen LogP contribution in [0.15, 0.2) is 42.5 Å². The Labute approximate surface area is 128 Å². The van der Waals surface area contributed by atoms with Crippen molar-refractivity contribution in [2.75, 3.05) is 13.8 Å². The topological polar surface area (TPSA) is 59.0 Å². The van der Waals surface area contributed by atoms with E-state index in [0.29, 0.717) is 24.8 Å². The van der Waals surface area contributed by atoms with Crippen LogP contribution < -0.4 is 9.47 Å². The summed E-state index contributed by atoms with van der Waals surface area (Å²) in [4.78, 5) is 13.3. The number of fused-ring (bicyclic) bond motifs is 1. The maximum Gasteiger partial charge on any atom is 0.335 e. The van der Waals surface area contributed by atoms with Crippen LogP contribution in [0.4, 0.5) is 0 Å². The SMILES string of the molecule is COc1cc(C(=O)O)cc2c1OCN(Cc1ccccc1)C2. The zero-order chi connectivity index (χ0) is 15.5. The second kappa shape index (κ2) is 6.07. The van der Waals surface area contributed by atoms with E-state index in [1.54, 1.807) is 6.07 Å². The summed E-state index contributed by atoms with van der Waals surface area (Å²) in [6.45, 7) is 1.83. The van der Waals surface area contributed by atoms with Crippen LogP contribution in [0, 0.1) is 0 Å². The third kappa shape index (κ3) is 2.89. The first-order valence-corrected chi connectivity index (χ1v) is 7.00. The molecule has 1 aliphatic rings. The molecular weight excluding hydrogens is 282 g/mol. The predicted molar refractivity (Wildman–Crippen MR) is 81.1 cm³/mol. The van der Waals surface area contributed by atoms with Gasteiger partial charge in [-0.3, -0.25) is 4.90 Å². The minimum atomic E-state index is -0.971. The van der Waals surface area contributed by atoms with Gasteiger partial charge in [0.2, 0.25) is 0 Å². The maximum atomic E-state index is 11.2. The van der Waals surface area contributed by atoms with E-state index < -0.39 is 5.97 Å². The largest absolute Gasteiger partial charge is 0.493 e. The number of nitrogens with zero attached hydrogens (tertiary/aromatic N) is 1. The zero-order valence-electron chi connectivity index (χ0n) is 12.3. The van der Waals surface area contributed by atoms with Gasteiger partial charge in [0.1, 0.15) is 6.73 Å². The number of ether oxygens (including phenoxy) is 2. The van der Waals surface area contributed by atoms with Crippen molar-refractivity contribution in [3.8, 4) is 11.5 Å². The molecule has 0 aromatic heterocycles. The lowest BCUT2D eigenvalue weighted by atomic mass is 10.1. The predicted octanol–water partition coefficient (Wildman–Crippen LogP) is 2.75. The fourth-order valence-electron chi connectivity index (χ4n) is 2.60. The lowest BCUT2D eigenvalue weighted by Gasteiger charge is -2.30. The van der Waals surface area contributed by atoms with Gasteiger partial charge in [-0.15, -0.1) is 0 Å². The molecule has 0 unspecified atom stereocenters. The third-order valence-corrected chi connectivity index (χ3v) is 3.63. The normalized spacial score (nSPS) is 14.0. The van der Waals surface area contributed by atoms with Crippen LogP contribution >= 0.6 is 0 Å². The maximum absolute atomic E-state index is 11.2. The van der Waals surface area contributed by atoms with Crippen LogP contribution in [0.3, 0.4) is 0 Å². The van der Waals surface area contributed by atoms with Crippen molar-refractivity contribution in [2.45, 2.75) is 13.1 Å². The van der Waals surface area contributed by atoms with Gasteiger partial charge in [0.15, 0.2) is 11.5 Å². The number of carbonyl (C=O) groups is 1.